The van der Waals surface area contributed by atoms with Crippen molar-refractivity contribution < 1.29 is 0 Å². The van der Waals surface area contributed by atoms with E-state index in [4.69, 9.17) is 34.9 Å². The van der Waals surface area contributed by atoms with Crippen LogP contribution in [0.5, 0.6) is 0 Å². The van der Waals surface area contributed by atoms with Gasteiger partial charge in [-0.15, -0.1) is 11.3 Å². The van der Waals surface area contributed by atoms with Crippen molar-refractivity contribution in [2.24, 2.45) is 0 Å². The first-order valence-electron chi connectivity index (χ1n) is 48.2. The summed E-state index contributed by atoms with van der Waals surface area (Å²) in [5, 5.41) is 17.9. The molecule has 0 atom stereocenters. The molecule has 0 aliphatic carbocycles. The molecule has 13 nitrogen and oxygen atoms in total. The van der Waals surface area contributed by atoms with Gasteiger partial charge in [-0.2, -0.15) is 9.97 Å². The molecule has 0 aliphatic rings. The van der Waals surface area contributed by atoms with Gasteiger partial charge in [0.25, 0.3) is 0 Å². The molecule has 668 valence electrons. The molecule has 30 rings (SSSR count). The largest absolute Gasteiger partial charge is 0.309 e. The molecule has 0 fully saturated rings. The number of aromatic nitrogens is 13. The summed E-state index contributed by atoms with van der Waals surface area (Å²) in [4.78, 5) is 36.5. The van der Waals surface area contributed by atoms with Gasteiger partial charge < -0.3 is 13.7 Å². The molecule has 20 aromatic carbocycles. The first kappa shape index (κ1) is 82.1. The van der Waals surface area contributed by atoms with Crippen molar-refractivity contribution in [3.8, 4) is 103 Å². The maximum Gasteiger partial charge on any atom is 0.238 e. The van der Waals surface area contributed by atoms with Crippen LogP contribution < -0.4 is 0 Å². The molecule has 0 aliphatic heterocycles. The van der Waals surface area contributed by atoms with E-state index in [9.17, 15) is 0 Å². The third-order valence-electron chi connectivity index (χ3n) is 28.0. The minimum absolute atomic E-state index is 0.589. The van der Waals surface area contributed by atoms with E-state index in [1.54, 1.807) is 0 Å². The van der Waals surface area contributed by atoms with Crippen LogP contribution in [0, 0.1) is 0 Å². The average Bonchev–Trinajstić information content (AvgIpc) is 1.56. The lowest BCUT2D eigenvalue weighted by Gasteiger charge is -2.13. The first-order valence-corrected chi connectivity index (χ1v) is 49.0. The third-order valence-corrected chi connectivity index (χ3v) is 29.3. The number of hydrogen-bond acceptors (Lipinski definition) is 8. The minimum atomic E-state index is 0.589. The van der Waals surface area contributed by atoms with Crippen LogP contribution in [0.3, 0.4) is 0 Å². The molecule has 143 heavy (non-hydrogen) atoms. The fourth-order valence-electron chi connectivity index (χ4n) is 21.6. The number of benzene rings is 20. The monoisotopic (exact) mass is 1840 g/mol. The Kier molecular flexibility index (Phi) is 19.5. The number of thiophene rings is 1. The SMILES string of the molecule is c1ccc(-c2cc(-c3cccc4c3sc3ccccc34)nc(-n3c4ccccc4c4cc5c6ccccc6n(-c6ccccc6)c5cc43)n2)cc1.c1ccc(-c2ccc(-c3nc(-n4c5ccccc5c5cc6c7ccccc7n(-c7ccccc7)c6cc54)nc4ccccc34)cc2)cc1.c1ccc(-c2nc(-c3ccccc3)nc(-n3c4ccccc4c4cc5c6ccccc6n(-c6ccccc6)c5cc43)n2)cc1. The van der Waals surface area contributed by atoms with Gasteiger partial charge in [0.1, 0.15) is 0 Å². The number of rotatable bonds is 12. The summed E-state index contributed by atoms with van der Waals surface area (Å²) in [5.41, 5.74) is 27.9. The molecular weight excluding hydrogens is 1760 g/mol. The van der Waals surface area contributed by atoms with E-state index < -0.39 is 0 Å². The van der Waals surface area contributed by atoms with Crippen LogP contribution in [0.4, 0.5) is 0 Å². The summed E-state index contributed by atoms with van der Waals surface area (Å²) in [6.07, 6.45) is 0. The second kappa shape index (κ2) is 33.9. The fraction of sp³-hybridized carbons (Fsp3) is 0. The normalized spacial score (nSPS) is 11.8. The Morgan fingerprint density at radius 1 is 0.161 bits per heavy atom. The van der Waals surface area contributed by atoms with Crippen molar-refractivity contribution in [2.45, 2.75) is 0 Å². The zero-order valence-electron chi connectivity index (χ0n) is 77.0. The highest BCUT2D eigenvalue weighted by molar-refractivity contribution is 7.26. The van der Waals surface area contributed by atoms with Crippen LogP contribution in [0.25, 0.3) is 264 Å². The Hall–Kier alpha value is -19.2. The standard InChI is InChI=1S/C46H28N4S.C44H28N4.C39H25N5/c1-3-14-29(15-4-1)38-27-39(35-22-13-21-34-33-20-9-12-25-44(33)51-45(34)35)48-46(47-38)50-41-24-11-8-19-32(41)37-26-36-31-18-7-10-23-40(31)49(42(36)28-43(37)50)30-16-5-2-6-17-30;1-3-13-29(14-4-1)30-23-25-31(26-24-30)43-35-19-7-10-20-38(35)45-44(46-43)48-40-22-12-9-18-34(40)37-27-36-33-17-8-11-21-39(33)47(41(36)28-42(37)48)32-15-5-2-6-16-32;1-4-14-26(15-5-1)37-40-38(27-16-6-2-7-17-27)42-39(41-37)44-34-23-13-11-21-30(34)32-24-31-29-20-10-12-22-33(29)43(35(31)25-36(32)44)28-18-8-3-9-19-28/h1-28H;1-28H;1-25H. The second-order valence-electron chi connectivity index (χ2n) is 36.2. The van der Waals surface area contributed by atoms with Crippen molar-refractivity contribution in [3.63, 3.8) is 0 Å². The molecule has 0 amide bonds. The highest BCUT2D eigenvalue weighted by atomic mass is 32.1. The molecule has 10 heterocycles. The first-order chi connectivity index (χ1) is 70.9. The van der Waals surface area contributed by atoms with Gasteiger partial charge >= 0.3 is 0 Å². The summed E-state index contributed by atoms with van der Waals surface area (Å²) in [5.74, 6) is 3.17. The van der Waals surface area contributed by atoms with Gasteiger partial charge in [0.05, 0.1) is 88.8 Å². The summed E-state index contributed by atoms with van der Waals surface area (Å²) in [6, 6.07) is 173. The average molecular weight is 1850 g/mol. The Morgan fingerprint density at radius 2 is 0.462 bits per heavy atom. The van der Waals surface area contributed by atoms with E-state index >= 15 is 0 Å². The molecule has 14 heteroatoms. The van der Waals surface area contributed by atoms with Crippen LogP contribution in [-0.4, -0.2) is 62.3 Å². The summed E-state index contributed by atoms with van der Waals surface area (Å²) in [6.45, 7) is 0. The van der Waals surface area contributed by atoms with Crippen molar-refractivity contribution in [2.75, 3.05) is 0 Å². The summed E-state index contributed by atoms with van der Waals surface area (Å²) >= 11 is 1.83. The van der Waals surface area contributed by atoms with Gasteiger partial charge in [-0.3, -0.25) is 13.7 Å². The summed E-state index contributed by atoms with van der Waals surface area (Å²) < 4.78 is 16.3. The number of fused-ring (bicyclic) bond motifs is 22. The van der Waals surface area contributed by atoms with Gasteiger partial charge in [0.15, 0.2) is 11.6 Å². The van der Waals surface area contributed by atoms with Crippen molar-refractivity contribution in [1.82, 2.24) is 62.3 Å². The Bertz CT molecular complexity index is 10200. The maximum atomic E-state index is 5.45. The van der Waals surface area contributed by atoms with E-state index in [0.717, 1.165) is 133 Å². The molecule has 0 bridgehead atoms. The van der Waals surface area contributed by atoms with Crippen LogP contribution >= 0.6 is 11.3 Å². The number of para-hydroxylation sites is 10. The molecule has 0 radical (unpaired) electrons. The molecule has 10 aromatic heterocycles. The Labute approximate surface area is 823 Å². The summed E-state index contributed by atoms with van der Waals surface area (Å²) in [7, 11) is 0. The highest BCUT2D eigenvalue weighted by Crippen LogP contribution is 2.47. The van der Waals surface area contributed by atoms with Crippen molar-refractivity contribution >= 4 is 173 Å². The van der Waals surface area contributed by atoms with Gasteiger partial charge in [0.2, 0.25) is 17.8 Å². The van der Waals surface area contributed by atoms with Gasteiger partial charge in [-0.1, -0.05) is 364 Å². The van der Waals surface area contributed by atoms with Crippen molar-refractivity contribution in [1.29, 1.82) is 0 Å². The third kappa shape index (κ3) is 13.8. The van der Waals surface area contributed by atoms with E-state index in [1.165, 1.54) is 102 Å². The topological polar surface area (TPSA) is 120 Å². The van der Waals surface area contributed by atoms with Gasteiger partial charge in [-0.05, 0) is 139 Å². The molecular formula is C129H81N13S. The molecule has 0 spiro atoms. The molecule has 0 saturated carbocycles. The molecule has 0 unspecified atom stereocenters. The van der Waals surface area contributed by atoms with E-state index in [2.05, 4.69) is 452 Å². The quantitative estimate of drug-likeness (QED) is 0.119. The molecule has 30 aromatic rings. The highest BCUT2D eigenvalue weighted by Gasteiger charge is 2.28. The smallest absolute Gasteiger partial charge is 0.238 e. The van der Waals surface area contributed by atoms with Crippen LogP contribution in [0.15, 0.2) is 491 Å². The molecule has 0 N–H and O–H groups in total. The number of nitrogens with zero attached hydrogens (tertiary/aromatic N) is 13. The maximum absolute atomic E-state index is 5.45. The van der Waals surface area contributed by atoms with Gasteiger partial charge in [-0.25, -0.2) is 24.9 Å². The lowest BCUT2D eigenvalue weighted by atomic mass is 10.0. The Morgan fingerprint density at radius 3 is 0.881 bits per heavy atom. The van der Waals surface area contributed by atoms with Crippen molar-refractivity contribution in [3.05, 3.63) is 491 Å². The van der Waals surface area contributed by atoms with Crippen LogP contribution in [-0.2, 0) is 0 Å². The fourth-order valence-corrected chi connectivity index (χ4v) is 22.8. The van der Waals surface area contributed by atoms with Gasteiger partial charge in [0, 0.05) is 135 Å². The van der Waals surface area contributed by atoms with Crippen LogP contribution in [0.2, 0.25) is 0 Å². The second-order valence-corrected chi connectivity index (χ2v) is 37.3. The zero-order valence-corrected chi connectivity index (χ0v) is 77.8. The predicted octanol–water partition coefficient (Wildman–Crippen LogP) is 32.9. The predicted molar refractivity (Wildman–Crippen MR) is 593 cm³/mol. The van der Waals surface area contributed by atoms with E-state index in [1.807, 2.05) is 78.1 Å². The van der Waals surface area contributed by atoms with E-state index in [0.29, 0.717) is 29.5 Å². The van der Waals surface area contributed by atoms with E-state index in [-0.39, 0.29) is 0 Å². The van der Waals surface area contributed by atoms with Crippen LogP contribution in [0.1, 0.15) is 0 Å². The Balaban J connectivity index is 0.000000105. The zero-order chi connectivity index (χ0) is 94.1. The molecule has 0 saturated heterocycles. The lowest BCUT2D eigenvalue weighted by molar-refractivity contribution is 0.953. The number of hydrogen-bond donors (Lipinski definition) is 0. The minimum Gasteiger partial charge on any atom is -0.309 e. The lowest BCUT2D eigenvalue weighted by Crippen LogP contribution is -2.06.